The third kappa shape index (κ3) is 4.92. The molecule has 0 heterocycles. The average molecular weight is 314 g/mol. The Morgan fingerprint density at radius 1 is 1.00 bits per heavy atom. The van der Waals surface area contributed by atoms with E-state index in [0.29, 0.717) is 18.1 Å². The molecule has 0 aliphatic heterocycles. The van der Waals surface area contributed by atoms with Gasteiger partial charge in [0.05, 0.1) is 6.61 Å². The summed E-state index contributed by atoms with van der Waals surface area (Å²) in [6, 6.07) is 14.9. The molecule has 2 aromatic rings. The molecule has 0 radical (unpaired) electrons. The van der Waals surface area contributed by atoms with E-state index in [2.05, 4.69) is 5.32 Å². The Balaban J connectivity index is 1.90. The van der Waals surface area contributed by atoms with Gasteiger partial charge in [-0.1, -0.05) is 12.1 Å². The molecule has 0 aliphatic rings. The van der Waals surface area contributed by atoms with Crippen molar-refractivity contribution in [2.24, 2.45) is 0 Å². The Labute approximate surface area is 136 Å². The molecule has 1 amide bonds. The number of carbonyl (C=O) groups is 1. The summed E-state index contributed by atoms with van der Waals surface area (Å²) in [6.45, 7) is 2.38. The van der Waals surface area contributed by atoms with Gasteiger partial charge in [-0.05, 0) is 43.3 Å². The van der Waals surface area contributed by atoms with E-state index in [9.17, 15) is 4.79 Å². The Hall–Kier alpha value is -2.69. The summed E-state index contributed by atoms with van der Waals surface area (Å²) in [5, 5.41) is 2.81. The van der Waals surface area contributed by atoms with Gasteiger partial charge in [0.25, 0.3) is 5.91 Å². The predicted molar refractivity (Wildman–Crippen MR) is 92.5 cm³/mol. The van der Waals surface area contributed by atoms with E-state index in [1.54, 1.807) is 6.07 Å². The van der Waals surface area contributed by atoms with Crippen LogP contribution in [0.1, 0.15) is 6.92 Å². The number of ether oxygens (including phenoxy) is 2. The molecule has 0 aliphatic carbocycles. The zero-order valence-electron chi connectivity index (χ0n) is 13.7. The summed E-state index contributed by atoms with van der Waals surface area (Å²) < 4.78 is 11.0. The van der Waals surface area contributed by atoms with Crippen molar-refractivity contribution in [3.05, 3.63) is 48.5 Å². The highest BCUT2D eigenvalue weighted by atomic mass is 16.5. The molecule has 0 atom stereocenters. The van der Waals surface area contributed by atoms with Gasteiger partial charge in [-0.25, -0.2) is 0 Å². The Morgan fingerprint density at radius 3 is 2.17 bits per heavy atom. The van der Waals surface area contributed by atoms with E-state index in [0.717, 1.165) is 11.4 Å². The highest BCUT2D eigenvalue weighted by Crippen LogP contribution is 2.26. The Bertz CT molecular complexity index is 639. The lowest BCUT2D eigenvalue weighted by atomic mass is 10.2. The molecule has 5 nitrogen and oxygen atoms in total. The molecule has 0 spiro atoms. The molecule has 23 heavy (non-hydrogen) atoms. The second kappa shape index (κ2) is 8.08. The smallest absolute Gasteiger partial charge is 0.262 e. The number of hydrogen-bond donors (Lipinski definition) is 1. The summed E-state index contributed by atoms with van der Waals surface area (Å²) in [5.41, 5.74) is 1.81. The van der Waals surface area contributed by atoms with Crippen LogP contribution >= 0.6 is 0 Å². The maximum absolute atomic E-state index is 12.0. The molecule has 122 valence electrons. The maximum Gasteiger partial charge on any atom is 0.262 e. The SMILES string of the molecule is CCOc1ccccc1OCC(=O)Nc1ccc(N(C)C)cc1. The zero-order valence-corrected chi connectivity index (χ0v) is 13.7. The number of carbonyl (C=O) groups excluding carboxylic acids is 1. The zero-order chi connectivity index (χ0) is 16.7. The first-order valence-corrected chi connectivity index (χ1v) is 7.52. The minimum absolute atomic E-state index is 0.0699. The van der Waals surface area contributed by atoms with E-state index in [1.165, 1.54) is 0 Å². The standard InChI is InChI=1S/C18H22N2O3/c1-4-22-16-7-5-6-8-17(16)23-13-18(21)19-14-9-11-15(12-10-14)20(2)3/h5-12H,4,13H2,1-3H3,(H,19,21). The molecule has 2 aromatic carbocycles. The van der Waals surface area contributed by atoms with Crippen molar-refractivity contribution in [3.8, 4) is 11.5 Å². The average Bonchev–Trinajstić information content (AvgIpc) is 2.55. The van der Waals surface area contributed by atoms with Crippen LogP contribution in [0.5, 0.6) is 11.5 Å². The van der Waals surface area contributed by atoms with Crippen LogP contribution in [-0.2, 0) is 4.79 Å². The lowest BCUT2D eigenvalue weighted by molar-refractivity contribution is -0.118. The summed E-state index contributed by atoms with van der Waals surface area (Å²) in [6.07, 6.45) is 0. The van der Waals surface area contributed by atoms with Gasteiger partial charge in [0.1, 0.15) is 0 Å². The molecule has 0 fully saturated rings. The molecular weight excluding hydrogens is 292 g/mol. The molecule has 0 aromatic heterocycles. The molecule has 1 N–H and O–H groups in total. The lowest BCUT2D eigenvalue weighted by Crippen LogP contribution is -2.20. The summed E-state index contributed by atoms with van der Waals surface area (Å²) in [4.78, 5) is 14.0. The Kier molecular flexibility index (Phi) is 5.86. The van der Waals surface area contributed by atoms with Crippen LogP contribution in [0.2, 0.25) is 0 Å². The van der Waals surface area contributed by atoms with Crippen molar-refractivity contribution in [1.29, 1.82) is 0 Å². The first-order chi connectivity index (χ1) is 11.1. The third-order valence-electron chi connectivity index (χ3n) is 3.18. The number of para-hydroxylation sites is 2. The van der Waals surface area contributed by atoms with E-state index in [-0.39, 0.29) is 12.5 Å². The summed E-state index contributed by atoms with van der Waals surface area (Å²) in [7, 11) is 3.94. The summed E-state index contributed by atoms with van der Waals surface area (Å²) >= 11 is 0. The molecular formula is C18H22N2O3. The number of anilines is 2. The fourth-order valence-electron chi connectivity index (χ4n) is 2.03. The van der Waals surface area contributed by atoms with Crippen molar-refractivity contribution in [1.82, 2.24) is 0 Å². The number of benzene rings is 2. The van der Waals surface area contributed by atoms with E-state index in [4.69, 9.17) is 9.47 Å². The maximum atomic E-state index is 12.0. The second-order valence-corrected chi connectivity index (χ2v) is 5.16. The van der Waals surface area contributed by atoms with Crippen LogP contribution < -0.4 is 19.7 Å². The van der Waals surface area contributed by atoms with Crippen LogP contribution in [0.3, 0.4) is 0 Å². The molecule has 0 saturated heterocycles. The van der Waals surface area contributed by atoms with Crippen LogP contribution in [0.25, 0.3) is 0 Å². The fourth-order valence-corrected chi connectivity index (χ4v) is 2.03. The fraction of sp³-hybridized carbons (Fsp3) is 0.278. The van der Waals surface area contributed by atoms with Gasteiger partial charge in [0, 0.05) is 25.5 Å². The van der Waals surface area contributed by atoms with Crippen LogP contribution in [0, 0.1) is 0 Å². The van der Waals surface area contributed by atoms with Gasteiger partial charge in [-0.15, -0.1) is 0 Å². The minimum atomic E-state index is -0.214. The quantitative estimate of drug-likeness (QED) is 0.853. The predicted octanol–water partition coefficient (Wildman–Crippen LogP) is 3.17. The van der Waals surface area contributed by atoms with Crippen molar-refractivity contribution in [2.75, 3.05) is 37.5 Å². The van der Waals surface area contributed by atoms with Gasteiger partial charge < -0.3 is 19.7 Å². The van der Waals surface area contributed by atoms with E-state index >= 15 is 0 Å². The first-order valence-electron chi connectivity index (χ1n) is 7.52. The second-order valence-electron chi connectivity index (χ2n) is 5.16. The van der Waals surface area contributed by atoms with Crippen LogP contribution in [-0.4, -0.2) is 33.2 Å². The van der Waals surface area contributed by atoms with Crippen LogP contribution in [0.15, 0.2) is 48.5 Å². The van der Waals surface area contributed by atoms with E-state index < -0.39 is 0 Å². The Morgan fingerprint density at radius 2 is 1.61 bits per heavy atom. The van der Waals surface area contributed by atoms with Gasteiger partial charge in [-0.2, -0.15) is 0 Å². The van der Waals surface area contributed by atoms with Gasteiger partial charge in [-0.3, -0.25) is 4.79 Å². The number of amides is 1. The van der Waals surface area contributed by atoms with Crippen molar-refractivity contribution >= 4 is 17.3 Å². The van der Waals surface area contributed by atoms with E-state index in [1.807, 2.05) is 68.4 Å². The topological polar surface area (TPSA) is 50.8 Å². The van der Waals surface area contributed by atoms with Gasteiger partial charge in [0.15, 0.2) is 18.1 Å². The number of rotatable bonds is 7. The normalized spacial score (nSPS) is 10.0. The first kappa shape index (κ1) is 16.7. The van der Waals surface area contributed by atoms with Crippen molar-refractivity contribution in [3.63, 3.8) is 0 Å². The van der Waals surface area contributed by atoms with Gasteiger partial charge in [0.2, 0.25) is 0 Å². The minimum Gasteiger partial charge on any atom is -0.490 e. The summed E-state index contributed by atoms with van der Waals surface area (Å²) in [5.74, 6) is 0.986. The van der Waals surface area contributed by atoms with Gasteiger partial charge >= 0.3 is 0 Å². The highest BCUT2D eigenvalue weighted by Gasteiger charge is 2.08. The molecule has 2 rings (SSSR count). The molecule has 0 bridgehead atoms. The number of hydrogen-bond acceptors (Lipinski definition) is 4. The molecule has 5 heteroatoms. The number of nitrogens with zero attached hydrogens (tertiary/aromatic N) is 1. The number of nitrogens with one attached hydrogen (secondary N) is 1. The van der Waals surface area contributed by atoms with Crippen molar-refractivity contribution < 1.29 is 14.3 Å². The monoisotopic (exact) mass is 314 g/mol. The lowest BCUT2D eigenvalue weighted by Gasteiger charge is -2.13. The largest absolute Gasteiger partial charge is 0.490 e. The third-order valence-corrected chi connectivity index (χ3v) is 3.18. The van der Waals surface area contributed by atoms with Crippen molar-refractivity contribution in [2.45, 2.75) is 6.92 Å². The highest BCUT2D eigenvalue weighted by molar-refractivity contribution is 5.92. The molecule has 0 saturated carbocycles. The molecule has 0 unspecified atom stereocenters. The van der Waals surface area contributed by atoms with Crippen LogP contribution in [0.4, 0.5) is 11.4 Å².